The van der Waals surface area contributed by atoms with Gasteiger partial charge in [-0.05, 0) is 18.2 Å². The van der Waals surface area contributed by atoms with E-state index < -0.39 is 14.9 Å². The first-order valence-electron chi connectivity index (χ1n) is 7.82. The van der Waals surface area contributed by atoms with Crippen molar-refractivity contribution in [2.75, 3.05) is 24.1 Å². The highest BCUT2D eigenvalue weighted by atomic mass is 35.5. The minimum Gasteiger partial charge on any atom is -0.486 e. The van der Waals surface area contributed by atoms with E-state index in [9.17, 15) is 18.5 Å². The molecule has 1 aliphatic heterocycles. The van der Waals surface area contributed by atoms with Crippen molar-refractivity contribution in [3.05, 3.63) is 64.2 Å². The van der Waals surface area contributed by atoms with E-state index in [1.54, 1.807) is 0 Å². The van der Waals surface area contributed by atoms with Crippen molar-refractivity contribution in [2.45, 2.75) is 4.90 Å². The number of hydrogen-bond donors (Lipinski definition) is 0. The molecule has 0 aliphatic carbocycles. The standard InChI is InChI=1S/C17H15ClN2O6S/c1-2-7-19(15-10-12(20(21)22)3-5-14(15)18)27(23,24)13-4-6-16-17(11-13)26-9-8-25-16/h2-6,10-11H,1,7-9H2. The molecule has 0 N–H and O–H groups in total. The second-order valence-electron chi connectivity index (χ2n) is 5.52. The molecule has 0 radical (unpaired) electrons. The van der Waals surface area contributed by atoms with Crippen LogP contribution in [0.5, 0.6) is 11.5 Å². The van der Waals surface area contributed by atoms with E-state index in [4.69, 9.17) is 21.1 Å². The molecular weight excluding hydrogens is 396 g/mol. The van der Waals surface area contributed by atoms with E-state index in [0.29, 0.717) is 24.7 Å². The van der Waals surface area contributed by atoms with E-state index in [2.05, 4.69) is 6.58 Å². The van der Waals surface area contributed by atoms with Gasteiger partial charge in [0, 0.05) is 18.2 Å². The number of anilines is 1. The molecule has 142 valence electrons. The van der Waals surface area contributed by atoms with Crippen molar-refractivity contribution >= 4 is 33.0 Å². The Morgan fingerprint density at radius 2 is 1.89 bits per heavy atom. The summed E-state index contributed by atoms with van der Waals surface area (Å²) in [5, 5.41) is 11.1. The molecule has 0 saturated heterocycles. The molecule has 2 aromatic rings. The lowest BCUT2D eigenvalue weighted by Gasteiger charge is -2.25. The third-order valence-electron chi connectivity index (χ3n) is 3.81. The Morgan fingerprint density at radius 1 is 1.19 bits per heavy atom. The number of ether oxygens (including phenoxy) is 2. The summed E-state index contributed by atoms with van der Waals surface area (Å²) in [6, 6.07) is 7.83. The van der Waals surface area contributed by atoms with Gasteiger partial charge in [-0.1, -0.05) is 17.7 Å². The van der Waals surface area contributed by atoms with Crippen LogP contribution in [0.25, 0.3) is 0 Å². The Hall–Kier alpha value is -2.78. The number of fused-ring (bicyclic) bond motifs is 1. The van der Waals surface area contributed by atoms with Gasteiger partial charge in [0.15, 0.2) is 11.5 Å². The molecule has 0 aromatic heterocycles. The van der Waals surface area contributed by atoms with Gasteiger partial charge in [0.05, 0.1) is 27.1 Å². The number of nitrogens with zero attached hydrogens (tertiary/aromatic N) is 2. The molecule has 3 rings (SSSR count). The van der Waals surface area contributed by atoms with Crippen molar-refractivity contribution in [3.8, 4) is 11.5 Å². The molecule has 0 unspecified atom stereocenters. The van der Waals surface area contributed by atoms with E-state index in [1.165, 1.54) is 36.4 Å². The molecule has 27 heavy (non-hydrogen) atoms. The number of benzene rings is 2. The first-order chi connectivity index (χ1) is 12.8. The number of rotatable bonds is 6. The van der Waals surface area contributed by atoms with Gasteiger partial charge in [0.2, 0.25) is 0 Å². The summed E-state index contributed by atoms with van der Waals surface area (Å²) in [4.78, 5) is 10.4. The SMILES string of the molecule is C=CCN(c1cc([N+](=O)[O-])ccc1Cl)S(=O)(=O)c1ccc2c(c1)OCCO2. The van der Waals surface area contributed by atoms with Crippen LogP contribution in [0.2, 0.25) is 5.02 Å². The summed E-state index contributed by atoms with van der Waals surface area (Å²) >= 11 is 6.13. The molecule has 0 fully saturated rings. The highest BCUT2D eigenvalue weighted by Crippen LogP contribution is 2.37. The van der Waals surface area contributed by atoms with Gasteiger partial charge < -0.3 is 9.47 Å². The van der Waals surface area contributed by atoms with Gasteiger partial charge in [0.1, 0.15) is 13.2 Å². The van der Waals surface area contributed by atoms with Gasteiger partial charge in [-0.2, -0.15) is 0 Å². The lowest BCUT2D eigenvalue weighted by Crippen LogP contribution is -2.31. The Balaban J connectivity index is 2.10. The Morgan fingerprint density at radius 3 is 2.56 bits per heavy atom. The normalized spacial score (nSPS) is 13.1. The number of sulfonamides is 1. The number of nitro groups is 1. The third kappa shape index (κ3) is 3.69. The molecule has 0 saturated carbocycles. The minimum atomic E-state index is -4.10. The topological polar surface area (TPSA) is 99.0 Å². The zero-order chi connectivity index (χ0) is 19.6. The maximum Gasteiger partial charge on any atom is 0.271 e. The first kappa shape index (κ1) is 19.0. The molecule has 1 heterocycles. The van der Waals surface area contributed by atoms with E-state index in [1.807, 2.05) is 0 Å². The lowest BCUT2D eigenvalue weighted by molar-refractivity contribution is -0.384. The van der Waals surface area contributed by atoms with Gasteiger partial charge in [-0.3, -0.25) is 14.4 Å². The van der Waals surface area contributed by atoms with Crippen LogP contribution in [0.1, 0.15) is 0 Å². The van der Waals surface area contributed by atoms with Crippen molar-refractivity contribution in [1.82, 2.24) is 0 Å². The van der Waals surface area contributed by atoms with Crippen LogP contribution < -0.4 is 13.8 Å². The summed E-state index contributed by atoms with van der Waals surface area (Å²) < 4.78 is 38.2. The second-order valence-corrected chi connectivity index (χ2v) is 7.79. The molecule has 1 aliphatic rings. The van der Waals surface area contributed by atoms with Crippen LogP contribution in [-0.4, -0.2) is 33.1 Å². The summed E-state index contributed by atoms with van der Waals surface area (Å²) in [6.45, 7) is 4.12. The van der Waals surface area contributed by atoms with Gasteiger partial charge >= 0.3 is 0 Å². The number of halogens is 1. The second kappa shape index (κ2) is 7.45. The average molecular weight is 411 g/mol. The summed E-state index contributed by atoms with van der Waals surface area (Å²) in [5.41, 5.74) is -0.290. The van der Waals surface area contributed by atoms with Gasteiger partial charge in [0.25, 0.3) is 15.7 Å². The molecule has 0 bridgehead atoms. The molecule has 0 amide bonds. The van der Waals surface area contributed by atoms with Crippen molar-refractivity contribution in [3.63, 3.8) is 0 Å². The summed E-state index contributed by atoms with van der Waals surface area (Å²) in [7, 11) is -4.10. The Bertz CT molecular complexity index is 1010. The maximum absolute atomic E-state index is 13.2. The lowest BCUT2D eigenvalue weighted by atomic mass is 10.3. The Kier molecular flexibility index (Phi) is 5.24. The number of hydrogen-bond acceptors (Lipinski definition) is 6. The van der Waals surface area contributed by atoms with Crippen molar-refractivity contribution < 1.29 is 22.8 Å². The monoisotopic (exact) mass is 410 g/mol. The van der Waals surface area contributed by atoms with Crippen LogP contribution >= 0.6 is 11.6 Å². The first-order valence-corrected chi connectivity index (χ1v) is 9.63. The van der Waals surface area contributed by atoms with E-state index >= 15 is 0 Å². The average Bonchev–Trinajstić information content (AvgIpc) is 2.66. The van der Waals surface area contributed by atoms with E-state index in [0.717, 1.165) is 10.4 Å². The van der Waals surface area contributed by atoms with Crippen LogP contribution in [0.3, 0.4) is 0 Å². The quantitative estimate of drug-likeness (QED) is 0.411. The van der Waals surface area contributed by atoms with Crippen LogP contribution in [0.15, 0.2) is 53.9 Å². The molecule has 8 nitrogen and oxygen atoms in total. The van der Waals surface area contributed by atoms with E-state index in [-0.39, 0.29) is 27.8 Å². The number of non-ortho nitro benzene ring substituents is 1. The molecular formula is C17H15ClN2O6S. The smallest absolute Gasteiger partial charge is 0.271 e. The fourth-order valence-corrected chi connectivity index (χ4v) is 4.29. The summed E-state index contributed by atoms with van der Waals surface area (Å²) in [6.07, 6.45) is 1.37. The third-order valence-corrected chi connectivity index (χ3v) is 5.90. The highest BCUT2D eigenvalue weighted by molar-refractivity contribution is 7.92. The predicted molar refractivity (Wildman–Crippen MR) is 100 cm³/mol. The largest absolute Gasteiger partial charge is 0.486 e. The van der Waals surface area contributed by atoms with Crippen molar-refractivity contribution in [1.29, 1.82) is 0 Å². The minimum absolute atomic E-state index is 0.0133. The fourth-order valence-electron chi connectivity index (χ4n) is 2.56. The van der Waals surface area contributed by atoms with Gasteiger partial charge in [-0.15, -0.1) is 6.58 Å². The predicted octanol–water partition coefficient (Wildman–Crippen LogP) is 3.40. The highest BCUT2D eigenvalue weighted by Gasteiger charge is 2.28. The fraction of sp³-hybridized carbons (Fsp3) is 0.176. The van der Waals surface area contributed by atoms with Crippen molar-refractivity contribution in [2.24, 2.45) is 0 Å². The Labute approximate surface area is 160 Å². The summed E-state index contributed by atoms with van der Waals surface area (Å²) in [5.74, 6) is 0.759. The zero-order valence-corrected chi connectivity index (χ0v) is 15.6. The zero-order valence-electron chi connectivity index (χ0n) is 14.0. The molecule has 2 aromatic carbocycles. The molecule has 0 spiro atoms. The number of nitro benzene ring substituents is 1. The molecule has 10 heteroatoms. The van der Waals surface area contributed by atoms with Crippen LogP contribution in [0, 0.1) is 10.1 Å². The molecule has 0 atom stereocenters. The van der Waals surface area contributed by atoms with Crippen LogP contribution in [-0.2, 0) is 10.0 Å². The maximum atomic E-state index is 13.2. The van der Waals surface area contributed by atoms with Crippen LogP contribution in [0.4, 0.5) is 11.4 Å². The van der Waals surface area contributed by atoms with Gasteiger partial charge in [-0.25, -0.2) is 8.42 Å².